The fourth-order valence-electron chi connectivity index (χ4n) is 1.11. The van der Waals surface area contributed by atoms with E-state index in [2.05, 4.69) is 15.5 Å². The summed E-state index contributed by atoms with van der Waals surface area (Å²) < 4.78 is 5.92. The quantitative estimate of drug-likeness (QED) is 0.713. The second kappa shape index (κ2) is 3.51. The standard InChI is InChI=1S/C6H9N3OS2/c11-6-9-8-5(12-6)7-4-1-2-10-3-4/h4H,1-3H2,(H,7,8)(H,9,11). The Morgan fingerprint density at radius 2 is 2.67 bits per heavy atom. The SMILES string of the molecule is S=c1[nH]nc(NC2CCOC2)s1. The van der Waals surface area contributed by atoms with E-state index in [0.29, 0.717) is 10.00 Å². The Morgan fingerprint density at radius 3 is 3.25 bits per heavy atom. The Morgan fingerprint density at radius 1 is 1.75 bits per heavy atom. The molecule has 66 valence electrons. The highest BCUT2D eigenvalue weighted by Crippen LogP contribution is 2.15. The molecular weight excluding hydrogens is 194 g/mol. The van der Waals surface area contributed by atoms with Gasteiger partial charge in [-0.05, 0) is 18.6 Å². The first-order chi connectivity index (χ1) is 5.84. The van der Waals surface area contributed by atoms with E-state index < -0.39 is 0 Å². The summed E-state index contributed by atoms with van der Waals surface area (Å²) in [4.78, 5) is 0. The minimum Gasteiger partial charge on any atom is -0.379 e. The number of nitrogens with one attached hydrogen (secondary N) is 2. The largest absolute Gasteiger partial charge is 0.379 e. The number of anilines is 1. The van der Waals surface area contributed by atoms with Crippen LogP contribution in [0.15, 0.2) is 0 Å². The maximum Gasteiger partial charge on any atom is 0.204 e. The van der Waals surface area contributed by atoms with Gasteiger partial charge in [0.25, 0.3) is 0 Å². The van der Waals surface area contributed by atoms with Crippen LogP contribution in [-0.2, 0) is 4.74 Å². The van der Waals surface area contributed by atoms with Crippen LogP contribution in [-0.4, -0.2) is 29.5 Å². The van der Waals surface area contributed by atoms with Crippen molar-refractivity contribution < 1.29 is 4.74 Å². The van der Waals surface area contributed by atoms with Crippen molar-refractivity contribution in [2.75, 3.05) is 18.5 Å². The average Bonchev–Trinajstić information content (AvgIpc) is 2.63. The molecule has 1 atom stereocenters. The molecule has 6 heteroatoms. The van der Waals surface area contributed by atoms with Crippen LogP contribution >= 0.6 is 23.6 Å². The van der Waals surface area contributed by atoms with Gasteiger partial charge < -0.3 is 10.1 Å². The summed E-state index contributed by atoms with van der Waals surface area (Å²) in [6.45, 7) is 1.61. The lowest BCUT2D eigenvalue weighted by molar-refractivity contribution is 0.195. The van der Waals surface area contributed by atoms with E-state index in [1.807, 2.05) is 0 Å². The fourth-order valence-corrected chi connectivity index (χ4v) is 1.98. The van der Waals surface area contributed by atoms with E-state index in [1.165, 1.54) is 11.3 Å². The Bertz CT molecular complexity index is 302. The van der Waals surface area contributed by atoms with Crippen molar-refractivity contribution in [1.82, 2.24) is 10.2 Å². The molecule has 0 aliphatic carbocycles. The summed E-state index contributed by atoms with van der Waals surface area (Å²) in [6, 6.07) is 0.402. The molecule has 0 bridgehead atoms. The Hall–Kier alpha value is -0.460. The zero-order chi connectivity index (χ0) is 8.39. The first kappa shape index (κ1) is 8.15. The molecular formula is C6H9N3OS2. The number of hydrogen-bond donors (Lipinski definition) is 2. The predicted octanol–water partition coefficient (Wildman–Crippen LogP) is 1.40. The third-order valence-corrected chi connectivity index (χ3v) is 2.72. The van der Waals surface area contributed by atoms with E-state index in [-0.39, 0.29) is 0 Å². The van der Waals surface area contributed by atoms with Gasteiger partial charge in [-0.1, -0.05) is 11.3 Å². The van der Waals surface area contributed by atoms with Crippen molar-refractivity contribution in [3.63, 3.8) is 0 Å². The molecule has 2 N–H and O–H groups in total. The van der Waals surface area contributed by atoms with Crippen LogP contribution in [0, 0.1) is 3.95 Å². The number of hydrogen-bond acceptors (Lipinski definition) is 5. The Kier molecular flexibility index (Phi) is 2.38. The van der Waals surface area contributed by atoms with E-state index in [4.69, 9.17) is 17.0 Å². The number of ether oxygens (including phenoxy) is 1. The highest BCUT2D eigenvalue weighted by molar-refractivity contribution is 7.73. The Balaban J connectivity index is 1.98. The van der Waals surface area contributed by atoms with Gasteiger partial charge in [0.2, 0.25) is 5.13 Å². The summed E-state index contributed by atoms with van der Waals surface area (Å²) >= 11 is 6.36. The average molecular weight is 203 g/mol. The van der Waals surface area contributed by atoms with Gasteiger partial charge in [-0.25, -0.2) is 0 Å². The lowest BCUT2D eigenvalue weighted by atomic mass is 10.3. The molecule has 0 amide bonds. The predicted molar refractivity (Wildman–Crippen MR) is 50.1 cm³/mol. The van der Waals surface area contributed by atoms with Gasteiger partial charge >= 0.3 is 0 Å². The topological polar surface area (TPSA) is 49.9 Å². The molecule has 1 aliphatic heterocycles. The van der Waals surface area contributed by atoms with E-state index >= 15 is 0 Å². The summed E-state index contributed by atoms with van der Waals surface area (Å²) in [5.41, 5.74) is 0. The first-order valence-electron chi connectivity index (χ1n) is 3.74. The van der Waals surface area contributed by atoms with E-state index in [9.17, 15) is 0 Å². The molecule has 0 aromatic carbocycles. The van der Waals surface area contributed by atoms with Crippen molar-refractivity contribution in [1.29, 1.82) is 0 Å². The van der Waals surface area contributed by atoms with E-state index in [1.54, 1.807) is 0 Å². The van der Waals surface area contributed by atoms with Crippen molar-refractivity contribution in [2.24, 2.45) is 0 Å². The Labute approximate surface area is 79.0 Å². The zero-order valence-corrected chi connectivity index (χ0v) is 8.00. The zero-order valence-electron chi connectivity index (χ0n) is 6.37. The number of H-pyrrole nitrogens is 1. The highest BCUT2D eigenvalue weighted by Gasteiger charge is 2.15. The van der Waals surface area contributed by atoms with Crippen molar-refractivity contribution in [3.8, 4) is 0 Å². The van der Waals surface area contributed by atoms with Crippen LogP contribution in [0.3, 0.4) is 0 Å². The molecule has 12 heavy (non-hydrogen) atoms. The maximum absolute atomic E-state index is 5.21. The van der Waals surface area contributed by atoms with Crippen molar-refractivity contribution >= 4 is 28.7 Å². The fraction of sp³-hybridized carbons (Fsp3) is 0.667. The maximum atomic E-state index is 5.21. The molecule has 1 fully saturated rings. The molecule has 1 aromatic rings. The van der Waals surface area contributed by atoms with Crippen LogP contribution in [0.2, 0.25) is 0 Å². The highest BCUT2D eigenvalue weighted by atomic mass is 32.1. The monoisotopic (exact) mass is 203 g/mol. The molecule has 1 unspecified atom stereocenters. The van der Waals surface area contributed by atoms with Gasteiger partial charge in [-0.15, -0.1) is 5.10 Å². The smallest absolute Gasteiger partial charge is 0.204 e. The molecule has 1 aliphatic rings. The molecule has 0 saturated carbocycles. The first-order valence-corrected chi connectivity index (χ1v) is 4.97. The second-order valence-electron chi connectivity index (χ2n) is 2.62. The van der Waals surface area contributed by atoms with Gasteiger partial charge in [-0.3, -0.25) is 5.10 Å². The van der Waals surface area contributed by atoms with Gasteiger partial charge in [-0.2, -0.15) is 0 Å². The number of aromatic amines is 1. The molecule has 1 saturated heterocycles. The lowest BCUT2D eigenvalue weighted by Gasteiger charge is -2.06. The van der Waals surface area contributed by atoms with Crippen molar-refractivity contribution in [2.45, 2.75) is 12.5 Å². The minimum atomic E-state index is 0.402. The second-order valence-corrected chi connectivity index (χ2v) is 4.29. The molecule has 2 heterocycles. The molecule has 4 nitrogen and oxygen atoms in total. The molecule has 0 spiro atoms. The van der Waals surface area contributed by atoms with E-state index in [0.717, 1.165) is 24.8 Å². The van der Waals surface area contributed by atoms with Gasteiger partial charge in [0.1, 0.15) is 0 Å². The minimum absolute atomic E-state index is 0.402. The number of rotatable bonds is 2. The number of aromatic nitrogens is 2. The van der Waals surface area contributed by atoms with Crippen molar-refractivity contribution in [3.05, 3.63) is 3.95 Å². The van der Waals surface area contributed by atoms with Gasteiger partial charge in [0, 0.05) is 6.61 Å². The van der Waals surface area contributed by atoms with Crippen LogP contribution in [0.25, 0.3) is 0 Å². The summed E-state index contributed by atoms with van der Waals surface area (Å²) in [6.07, 6.45) is 1.05. The summed E-state index contributed by atoms with van der Waals surface area (Å²) in [5, 5.41) is 10.8. The molecule has 1 aromatic heterocycles. The third kappa shape index (κ3) is 1.82. The summed E-state index contributed by atoms with van der Waals surface area (Å²) in [5.74, 6) is 0. The number of nitrogens with zero attached hydrogens (tertiary/aromatic N) is 1. The normalized spacial score (nSPS) is 22.8. The summed E-state index contributed by atoms with van der Waals surface area (Å²) in [7, 11) is 0. The van der Waals surface area contributed by atoms with Crippen LogP contribution in [0.4, 0.5) is 5.13 Å². The van der Waals surface area contributed by atoms with Crippen LogP contribution in [0.5, 0.6) is 0 Å². The lowest BCUT2D eigenvalue weighted by Crippen LogP contribution is -2.18. The van der Waals surface area contributed by atoms with Gasteiger partial charge in [0.05, 0.1) is 12.6 Å². The molecule has 0 radical (unpaired) electrons. The molecule has 2 rings (SSSR count). The van der Waals surface area contributed by atoms with Gasteiger partial charge in [0.15, 0.2) is 3.95 Å². The van der Waals surface area contributed by atoms with Crippen LogP contribution < -0.4 is 5.32 Å². The third-order valence-electron chi connectivity index (χ3n) is 1.70. The van der Waals surface area contributed by atoms with Crippen LogP contribution in [0.1, 0.15) is 6.42 Å².